The first kappa shape index (κ1) is 16.0. The summed E-state index contributed by atoms with van der Waals surface area (Å²) in [6.07, 6.45) is 1.48. The smallest absolute Gasteiger partial charge is 0.311 e. The highest BCUT2D eigenvalue weighted by atomic mass is 32.2. The first-order valence-electron chi connectivity index (χ1n) is 8.41. The average molecular weight is 347 g/mol. The summed E-state index contributed by atoms with van der Waals surface area (Å²) in [6.45, 7) is 1.70. The Balaban J connectivity index is 1.59. The molecule has 1 N–H and O–H groups in total. The maximum absolute atomic E-state index is 13.1. The summed E-state index contributed by atoms with van der Waals surface area (Å²) in [5, 5.41) is 9.56. The van der Waals surface area contributed by atoms with Gasteiger partial charge in [0.1, 0.15) is 5.25 Å². The van der Waals surface area contributed by atoms with Gasteiger partial charge in [0.25, 0.3) is 0 Å². The molecule has 0 spiro atoms. The Morgan fingerprint density at radius 3 is 2.96 bits per heavy atom. The zero-order valence-corrected chi connectivity index (χ0v) is 14.3. The van der Waals surface area contributed by atoms with E-state index in [4.69, 9.17) is 4.74 Å². The van der Waals surface area contributed by atoms with Gasteiger partial charge in [0.2, 0.25) is 5.91 Å². The van der Waals surface area contributed by atoms with E-state index in [1.165, 1.54) is 5.56 Å². The lowest BCUT2D eigenvalue weighted by Crippen LogP contribution is -2.45. The highest BCUT2D eigenvalue weighted by molar-refractivity contribution is 8.00. The molecule has 3 aliphatic rings. The molecule has 0 bridgehead atoms. The molecule has 1 aromatic rings. The molecule has 24 heavy (non-hydrogen) atoms. The van der Waals surface area contributed by atoms with E-state index >= 15 is 0 Å². The number of carboxylic acid groups (broad SMARTS) is 1. The number of carbonyl (C=O) groups is 2. The number of carbonyl (C=O) groups excluding carboxylic acids is 1. The Hall–Kier alpha value is -1.53. The number of hydrogen-bond acceptors (Lipinski definition) is 4. The van der Waals surface area contributed by atoms with E-state index in [9.17, 15) is 14.7 Å². The predicted octanol–water partition coefficient (Wildman–Crippen LogP) is 1.97. The average Bonchev–Trinajstić information content (AvgIpc) is 3.02. The second kappa shape index (κ2) is 6.08. The Labute approximate surface area is 145 Å². The normalized spacial score (nSPS) is 32.1. The summed E-state index contributed by atoms with van der Waals surface area (Å²) < 4.78 is 5.48. The van der Waals surface area contributed by atoms with Gasteiger partial charge >= 0.3 is 5.97 Å². The van der Waals surface area contributed by atoms with Crippen molar-refractivity contribution in [3.8, 4) is 0 Å². The number of thioether (sulfide) groups is 1. The van der Waals surface area contributed by atoms with Crippen LogP contribution in [0.3, 0.4) is 0 Å². The monoisotopic (exact) mass is 347 g/mol. The van der Waals surface area contributed by atoms with Crippen molar-refractivity contribution in [2.45, 2.75) is 18.1 Å². The van der Waals surface area contributed by atoms with Crippen LogP contribution in [0.15, 0.2) is 24.3 Å². The molecular formula is C18H21NO4S. The minimum atomic E-state index is -0.827. The highest BCUT2D eigenvalue weighted by Gasteiger charge is 2.55. The maximum atomic E-state index is 13.1. The number of benzene rings is 1. The van der Waals surface area contributed by atoms with Gasteiger partial charge in [-0.3, -0.25) is 9.59 Å². The van der Waals surface area contributed by atoms with Crippen molar-refractivity contribution >= 4 is 23.6 Å². The molecule has 5 nitrogen and oxygen atoms in total. The zero-order valence-electron chi connectivity index (χ0n) is 13.4. The van der Waals surface area contributed by atoms with Gasteiger partial charge in [0, 0.05) is 25.6 Å². The van der Waals surface area contributed by atoms with Crippen molar-refractivity contribution in [2.24, 2.45) is 11.3 Å². The molecule has 1 unspecified atom stereocenters. The Kier molecular flexibility index (Phi) is 4.04. The van der Waals surface area contributed by atoms with Gasteiger partial charge < -0.3 is 14.7 Å². The number of likely N-dealkylation sites (tertiary alicyclic amines) is 1. The number of nitrogens with zero attached hydrogens (tertiary/aromatic N) is 1. The zero-order chi connectivity index (χ0) is 16.7. The number of rotatable bonds is 2. The highest BCUT2D eigenvalue weighted by Crippen LogP contribution is 2.45. The van der Waals surface area contributed by atoms with Gasteiger partial charge in [0.05, 0.1) is 12.0 Å². The van der Waals surface area contributed by atoms with Crippen molar-refractivity contribution in [2.75, 3.05) is 32.1 Å². The Morgan fingerprint density at radius 1 is 1.33 bits per heavy atom. The van der Waals surface area contributed by atoms with Gasteiger partial charge in [-0.15, -0.1) is 11.8 Å². The summed E-state index contributed by atoms with van der Waals surface area (Å²) in [5.74, 6) is 0.0965. The van der Waals surface area contributed by atoms with Crippen LogP contribution in [-0.2, 0) is 20.7 Å². The van der Waals surface area contributed by atoms with Crippen LogP contribution in [0.2, 0.25) is 0 Å². The molecule has 3 aliphatic heterocycles. The van der Waals surface area contributed by atoms with Crippen LogP contribution in [0.1, 0.15) is 22.8 Å². The summed E-state index contributed by atoms with van der Waals surface area (Å²) in [7, 11) is 0. The molecule has 3 heterocycles. The van der Waals surface area contributed by atoms with E-state index in [-0.39, 0.29) is 17.1 Å². The SMILES string of the molecule is O=C(C1SCCc2ccccc21)N1C[C@H]2COCC[C@@]2(C(=O)O)C1. The fourth-order valence-electron chi connectivity index (χ4n) is 4.23. The van der Waals surface area contributed by atoms with E-state index < -0.39 is 11.4 Å². The van der Waals surface area contributed by atoms with Crippen LogP contribution in [0.4, 0.5) is 0 Å². The quantitative estimate of drug-likeness (QED) is 0.886. The first-order chi connectivity index (χ1) is 11.6. The molecule has 0 aromatic heterocycles. The molecule has 0 aliphatic carbocycles. The van der Waals surface area contributed by atoms with Crippen LogP contribution in [-0.4, -0.2) is 53.9 Å². The van der Waals surface area contributed by atoms with E-state index in [0.29, 0.717) is 32.7 Å². The Bertz CT molecular complexity index is 679. The number of fused-ring (bicyclic) bond motifs is 2. The molecule has 1 amide bonds. The van der Waals surface area contributed by atoms with Gasteiger partial charge in [-0.2, -0.15) is 0 Å². The second-order valence-corrected chi connectivity index (χ2v) is 8.11. The van der Waals surface area contributed by atoms with E-state index in [1.54, 1.807) is 16.7 Å². The summed E-state index contributed by atoms with van der Waals surface area (Å²) >= 11 is 1.67. The third kappa shape index (κ3) is 2.43. The van der Waals surface area contributed by atoms with Crippen LogP contribution < -0.4 is 0 Å². The maximum Gasteiger partial charge on any atom is 0.311 e. The Morgan fingerprint density at radius 2 is 2.17 bits per heavy atom. The topological polar surface area (TPSA) is 66.8 Å². The standard InChI is InChI=1S/C18H21NO4S/c20-16(15-14-4-2-1-3-12(14)5-8-24-15)19-9-13-10-23-7-6-18(13,11-19)17(21)22/h1-4,13,15H,5-11H2,(H,21,22)/t13-,15?,18+/m0/s1. The fourth-order valence-corrected chi connectivity index (χ4v) is 5.51. The van der Waals surface area contributed by atoms with Gasteiger partial charge in [-0.05, 0) is 29.7 Å². The summed E-state index contributed by atoms with van der Waals surface area (Å²) in [5.41, 5.74) is 1.50. The van der Waals surface area contributed by atoms with E-state index in [1.807, 2.05) is 18.2 Å². The second-order valence-electron chi connectivity index (χ2n) is 6.90. The number of hydrogen-bond donors (Lipinski definition) is 1. The third-order valence-electron chi connectivity index (χ3n) is 5.66. The van der Waals surface area contributed by atoms with Crippen molar-refractivity contribution in [1.82, 2.24) is 4.90 Å². The summed E-state index contributed by atoms with van der Waals surface area (Å²) in [6, 6.07) is 8.10. The molecule has 1 aromatic carbocycles. The molecule has 0 radical (unpaired) electrons. The fraction of sp³-hybridized carbons (Fsp3) is 0.556. The number of amides is 1. The lowest BCUT2D eigenvalue weighted by molar-refractivity contribution is -0.157. The van der Waals surface area contributed by atoms with Crippen molar-refractivity contribution in [3.63, 3.8) is 0 Å². The first-order valence-corrected chi connectivity index (χ1v) is 9.46. The minimum absolute atomic E-state index is 0.0576. The number of ether oxygens (including phenoxy) is 1. The van der Waals surface area contributed by atoms with Crippen molar-refractivity contribution < 1.29 is 19.4 Å². The molecule has 6 heteroatoms. The van der Waals surface area contributed by atoms with Gasteiger partial charge in [-0.25, -0.2) is 0 Å². The third-order valence-corrected chi connectivity index (χ3v) is 6.89. The van der Waals surface area contributed by atoms with Crippen molar-refractivity contribution in [3.05, 3.63) is 35.4 Å². The molecule has 128 valence electrons. The van der Waals surface area contributed by atoms with E-state index in [0.717, 1.165) is 17.7 Å². The molecule has 0 saturated carbocycles. The molecular weight excluding hydrogens is 326 g/mol. The summed E-state index contributed by atoms with van der Waals surface area (Å²) in [4.78, 5) is 26.8. The van der Waals surface area contributed by atoms with Gasteiger partial charge in [-0.1, -0.05) is 24.3 Å². The van der Waals surface area contributed by atoms with Crippen LogP contribution >= 0.6 is 11.8 Å². The van der Waals surface area contributed by atoms with Crippen LogP contribution in [0.25, 0.3) is 0 Å². The molecule has 2 fully saturated rings. The van der Waals surface area contributed by atoms with Crippen molar-refractivity contribution in [1.29, 1.82) is 0 Å². The number of aryl methyl sites for hydroxylation is 1. The molecule has 4 rings (SSSR count). The molecule has 3 atom stereocenters. The van der Waals surface area contributed by atoms with Gasteiger partial charge in [0.15, 0.2) is 0 Å². The van der Waals surface area contributed by atoms with Crippen LogP contribution in [0.5, 0.6) is 0 Å². The predicted molar refractivity (Wildman–Crippen MR) is 90.9 cm³/mol. The lowest BCUT2D eigenvalue weighted by Gasteiger charge is -2.34. The van der Waals surface area contributed by atoms with E-state index in [2.05, 4.69) is 6.07 Å². The van der Waals surface area contributed by atoms with Crippen LogP contribution in [0, 0.1) is 11.3 Å². The number of carboxylic acids is 1. The lowest BCUT2D eigenvalue weighted by atomic mass is 9.74. The largest absolute Gasteiger partial charge is 0.481 e. The number of aliphatic carboxylic acids is 1. The molecule has 2 saturated heterocycles. The minimum Gasteiger partial charge on any atom is -0.481 e.